The minimum absolute atomic E-state index is 0.0674. The second-order valence-corrected chi connectivity index (χ2v) is 3.88. The summed E-state index contributed by atoms with van der Waals surface area (Å²) >= 11 is 0. The SMILES string of the molecule is Nc1onc(-c2ccc([N+](=O)[O-])o2)c1-c1ccccn1. The van der Waals surface area contributed by atoms with Crippen LogP contribution in [0.25, 0.3) is 22.7 Å². The van der Waals surface area contributed by atoms with Crippen LogP contribution in [0.4, 0.5) is 11.8 Å². The fraction of sp³-hybridized carbons (Fsp3) is 0. The molecule has 0 amide bonds. The molecule has 8 nitrogen and oxygen atoms in total. The van der Waals surface area contributed by atoms with Crippen LogP contribution in [0.3, 0.4) is 0 Å². The second-order valence-electron chi connectivity index (χ2n) is 3.88. The molecule has 0 atom stereocenters. The highest BCUT2D eigenvalue weighted by Gasteiger charge is 2.23. The first-order valence-electron chi connectivity index (χ1n) is 5.58. The number of nitrogen functional groups attached to an aromatic ring is 1. The molecule has 0 spiro atoms. The van der Waals surface area contributed by atoms with Crippen molar-refractivity contribution in [3.8, 4) is 22.7 Å². The molecule has 0 aliphatic carbocycles. The van der Waals surface area contributed by atoms with Crippen LogP contribution in [-0.2, 0) is 0 Å². The summed E-state index contributed by atoms with van der Waals surface area (Å²) in [6.45, 7) is 0. The number of rotatable bonds is 3. The van der Waals surface area contributed by atoms with Gasteiger partial charge in [0.1, 0.15) is 4.92 Å². The number of nitrogens with zero attached hydrogens (tertiary/aromatic N) is 3. The number of nitrogens with two attached hydrogens (primary N) is 1. The summed E-state index contributed by atoms with van der Waals surface area (Å²) in [7, 11) is 0. The van der Waals surface area contributed by atoms with E-state index in [-0.39, 0.29) is 23.2 Å². The maximum Gasteiger partial charge on any atom is 0.433 e. The van der Waals surface area contributed by atoms with Crippen molar-refractivity contribution in [2.45, 2.75) is 0 Å². The first kappa shape index (κ1) is 11.9. The highest BCUT2D eigenvalue weighted by atomic mass is 16.6. The first-order chi connectivity index (χ1) is 9.66. The number of pyridine rings is 1. The molecular weight excluding hydrogens is 264 g/mol. The van der Waals surface area contributed by atoms with Crippen LogP contribution >= 0.6 is 0 Å². The van der Waals surface area contributed by atoms with Gasteiger partial charge in [-0.1, -0.05) is 11.2 Å². The molecule has 0 aliphatic heterocycles. The van der Waals surface area contributed by atoms with Gasteiger partial charge in [-0.05, 0) is 18.2 Å². The van der Waals surface area contributed by atoms with Crippen molar-refractivity contribution >= 4 is 11.8 Å². The van der Waals surface area contributed by atoms with Crippen LogP contribution in [-0.4, -0.2) is 15.1 Å². The molecule has 3 rings (SSSR count). The Hall–Kier alpha value is -3.16. The smallest absolute Gasteiger partial charge is 0.399 e. The van der Waals surface area contributed by atoms with E-state index in [0.29, 0.717) is 11.3 Å². The highest BCUT2D eigenvalue weighted by molar-refractivity contribution is 5.83. The van der Waals surface area contributed by atoms with Crippen LogP contribution in [0.2, 0.25) is 0 Å². The zero-order valence-corrected chi connectivity index (χ0v) is 10.0. The average molecular weight is 272 g/mol. The fourth-order valence-corrected chi connectivity index (χ4v) is 1.78. The molecule has 0 unspecified atom stereocenters. The van der Waals surface area contributed by atoms with Crippen LogP contribution < -0.4 is 5.73 Å². The van der Waals surface area contributed by atoms with Gasteiger partial charge in [-0.25, -0.2) is 0 Å². The largest absolute Gasteiger partial charge is 0.433 e. The second kappa shape index (κ2) is 4.50. The van der Waals surface area contributed by atoms with E-state index in [1.807, 2.05) is 0 Å². The molecule has 0 bridgehead atoms. The molecule has 3 aromatic rings. The van der Waals surface area contributed by atoms with Gasteiger partial charge in [-0.2, -0.15) is 0 Å². The van der Waals surface area contributed by atoms with E-state index in [1.54, 1.807) is 24.4 Å². The van der Waals surface area contributed by atoms with Crippen LogP contribution in [0.15, 0.2) is 45.5 Å². The topological polar surface area (TPSA) is 121 Å². The Morgan fingerprint density at radius 2 is 2.10 bits per heavy atom. The molecule has 0 fully saturated rings. The Morgan fingerprint density at radius 3 is 2.75 bits per heavy atom. The third-order valence-corrected chi connectivity index (χ3v) is 2.64. The zero-order valence-electron chi connectivity index (χ0n) is 10.0. The van der Waals surface area contributed by atoms with Gasteiger partial charge < -0.3 is 14.7 Å². The lowest BCUT2D eigenvalue weighted by atomic mass is 10.1. The van der Waals surface area contributed by atoms with E-state index >= 15 is 0 Å². The van der Waals surface area contributed by atoms with Gasteiger partial charge in [0.05, 0.1) is 17.3 Å². The monoisotopic (exact) mass is 272 g/mol. The Balaban J connectivity index is 2.13. The molecule has 20 heavy (non-hydrogen) atoms. The maximum absolute atomic E-state index is 10.6. The van der Waals surface area contributed by atoms with Gasteiger partial charge in [0.15, 0.2) is 11.5 Å². The van der Waals surface area contributed by atoms with Crippen molar-refractivity contribution in [3.63, 3.8) is 0 Å². The minimum Gasteiger partial charge on any atom is -0.399 e. The number of anilines is 1. The number of nitro groups is 1. The molecule has 3 heterocycles. The fourth-order valence-electron chi connectivity index (χ4n) is 1.78. The Bertz CT molecular complexity index is 763. The molecule has 0 radical (unpaired) electrons. The highest BCUT2D eigenvalue weighted by Crippen LogP contribution is 2.36. The standard InChI is InChI=1S/C12H8N4O4/c13-12-10(7-3-1-2-6-14-7)11(15-20-12)8-4-5-9(19-8)16(17)18/h1-6H,13H2. The molecule has 0 aromatic carbocycles. The summed E-state index contributed by atoms with van der Waals surface area (Å²) in [6, 6.07) is 7.93. The molecule has 3 aromatic heterocycles. The number of furan rings is 1. The van der Waals surface area contributed by atoms with Gasteiger partial charge >= 0.3 is 5.88 Å². The molecule has 0 aliphatic rings. The summed E-state index contributed by atoms with van der Waals surface area (Å²) in [4.78, 5) is 14.2. The van der Waals surface area contributed by atoms with Gasteiger partial charge in [-0.15, -0.1) is 0 Å². The lowest BCUT2D eigenvalue weighted by Gasteiger charge is -1.98. The zero-order chi connectivity index (χ0) is 14.1. The Labute approximate surface area is 112 Å². The predicted molar refractivity (Wildman–Crippen MR) is 68.5 cm³/mol. The average Bonchev–Trinajstić information content (AvgIpc) is 3.06. The van der Waals surface area contributed by atoms with Gasteiger partial charge in [0.2, 0.25) is 5.88 Å². The number of aromatic nitrogens is 2. The number of hydrogen-bond acceptors (Lipinski definition) is 7. The van der Waals surface area contributed by atoms with Crippen LogP contribution in [0, 0.1) is 10.1 Å². The van der Waals surface area contributed by atoms with Crippen molar-refractivity contribution in [1.82, 2.24) is 10.1 Å². The van der Waals surface area contributed by atoms with Crippen LogP contribution in [0.1, 0.15) is 0 Å². The summed E-state index contributed by atoms with van der Waals surface area (Å²) in [5.41, 5.74) is 6.99. The maximum atomic E-state index is 10.6. The van der Waals surface area contributed by atoms with E-state index in [2.05, 4.69) is 10.1 Å². The lowest BCUT2D eigenvalue weighted by molar-refractivity contribution is -0.401. The first-order valence-corrected chi connectivity index (χ1v) is 5.58. The van der Waals surface area contributed by atoms with E-state index in [9.17, 15) is 10.1 Å². The van der Waals surface area contributed by atoms with Gasteiger partial charge in [0, 0.05) is 6.20 Å². The van der Waals surface area contributed by atoms with Gasteiger partial charge in [-0.3, -0.25) is 15.1 Å². The van der Waals surface area contributed by atoms with E-state index in [1.165, 1.54) is 12.1 Å². The summed E-state index contributed by atoms with van der Waals surface area (Å²) in [6.07, 6.45) is 1.59. The third kappa shape index (κ3) is 1.88. The summed E-state index contributed by atoms with van der Waals surface area (Å²) in [5, 5.41) is 14.4. The van der Waals surface area contributed by atoms with Gasteiger partial charge in [0.25, 0.3) is 0 Å². The van der Waals surface area contributed by atoms with Crippen molar-refractivity contribution < 1.29 is 13.9 Å². The molecular formula is C12H8N4O4. The third-order valence-electron chi connectivity index (χ3n) is 2.64. The Kier molecular flexibility index (Phi) is 2.68. The normalized spacial score (nSPS) is 10.6. The van der Waals surface area contributed by atoms with E-state index in [4.69, 9.17) is 14.7 Å². The molecule has 8 heteroatoms. The van der Waals surface area contributed by atoms with Crippen molar-refractivity contribution in [3.05, 3.63) is 46.6 Å². The Morgan fingerprint density at radius 1 is 1.25 bits per heavy atom. The van der Waals surface area contributed by atoms with E-state index in [0.717, 1.165) is 0 Å². The lowest BCUT2D eigenvalue weighted by Crippen LogP contribution is -1.89. The van der Waals surface area contributed by atoms with E-state index < -0.39 is 4.92 Å². The minimum atomic E-state index is -0.632. The predicted octanol–water partition coefficient (Wildman–Crippen LogP) is 2.49. The molecule has 100 valence electrons. The summed E-state index contributed by atoms with van der Waals surface area (Å²) < 4.78 is 10.0. The van der Waals surface area contributed by atoms with Crippen LogP contribution in [0.5, 0.6) is 0 Å². The molecule has 0 saturated carbocycles. The summed E-state index contributed by atoms with van der Waals surface area (Å²) in [5.74, 6) is -0.121. The molecule has 0 saturated heterocycles. The molecule has 2 N–H and O–H groups in total. The quantitative estimate of drug-likeness (QED) is 0.574. The van der Waals surface area contributed by atoms with Crippen molar-refractivity contribution in [2.24, 2.45) is 0 Å². The number of hydrogen-bond donors (Lipinski definition) is 1. The van der Waals surface area contributed by atoms with Crippen molar-refractivity contribution in [2.75, 3.05) is 5.73 Å². The van der Waals surface area contributed by atoms with Crippen molar-refractivity contribution in [1.29, 1.82) is 0 Å².